The van der Waals surface area contributed by atoms with Gasteiger partial charge >= 0.3 is 0 Å². The fourth-order valence-electron chi connectivity index (χ4n) is 4.22. The van der Waals surface area contributed by atoms with Crippen molar-refractivity contribution in [2.24, 2.45) is 0 Å². The van der Waals surface area contributed by atoms with E-state index >= 15 is 0 Å². The second-order valence-corrected chi connectivity index (χ2v) is 8.16. The monoisotopic (exact) mass is 443 g/mol. The molecule has 33 heavy (non-hydrogen) atoms. The molecular formula is C27H29N3O3. The maximum Gasteiger partial charge on any atom is 0.246 e. The predicted octanol–water partition coefficient (Wildman–Crippen LogP) is 4.40. The first-order valence-corrected chi connectivity index (χ1v) is 11.1. The summed E-state index contributed by atoms with van der Waals surface area (Å²) in [5, 5.41) is 3.07. The average Bonchev–Trinajstić information content (AvgIpc) is 2.85. The lowest BCUT2D eigenvalue weighted by Crippen LogP contribution is -2.50. The van der Waals surface area contributed by atoms with Gasteiger partial charge in [-0.25, -0.2) is 0 Å². The van der Waals surface area contributed by atoms with Crippen LogP contribution in [0.4, 0.5) is 11.4 Å². The standard InChI is InChI=1S/C27H29N3O3/c1-20(31)21-11-13-24(14-12-21)29-15-17-30(18-16-29)26(22-7-4-3-5-8-22)27(32)28-23-9-6-10-25(19-23)33-2/h3-14,19,26H,15-18H2,1-2H3,(H,28,32). The highest BCUT2D eigenvalue weighted by molar-refractivity contribution is 5.96. The predicted molar refractivity (Wildman–Crippen MR) is 131 cm³/mol. The smallest absolute Gasteiger partial charge is 0.246 e. The molecule has 170 valence electrons. The summed E-state index contributed by atoms with van der Waals surface area (Å²) in [5.74, 6) is 0.710. The highest BCUT2D eigenvalue weighted by Gasteiger charge is 2.30. The van der Waals surface area contributed by atoms with Gasteiger partial charge in [-0.2, -0.15) is 0 Å². The number of ketones is 1. The number of carbonyl (C=O) groups excluding carboxylic acids is 2. The van der Waals surface area contributed by atoms with Crippen molar-refractivity contribution in [2.45, 2.75) is 13.0 Å². The number of nitrogens with one attached hydrogen (secondary N) is 1. The van der Waals surface area contributed by atoms with Gasteiger partial charge in [0.15, 0.2) is 5.78 Å². The van der Waals surface area contributed by atoms with Gasteiger partial charge in [0.05, 0.1) is 7.11 Å². The molecule has 0 bridgehead atoms. The molecule has 3 aromatic rings. The van der Waals surface area contributed by atoms with Crippen LogP contribution in [-0.2, 0) is 4.79 Å². The summed E-state index contributed by atoms with van der Waals surface area (Å²) in [6, 6.07) is 24.7. The third-order valence-electron chi connectivity index (χ3n) is 6.02. The SMILES string of the molecule is COc1cccc(NC(=O)C(c2ccccc2)N2CCN(c3ccc(C(C)=O)cc3)CC2)c1. The quantitative estimate of drug-likeness (QED) is 0.549. The molecule has 4 rings (SSSR count). The van der Waals surface area contributed by atoms with Gasteiger partial charge in [0, 0.05) is 49.2 Å². The van der Waals surface area contributed by atoms with Gasteiger partial charge in [-0.3, -0.25) is 14.5 Å². The largest absolute Gasteiger partial charge is 0.497 e. The molecule has 1 aliphatic rings. The molecule has 1 saturated heterocycles. The lowest BCUT2D eigenvalue weighted by Gasteiger charge is -2.39. The third-order valence-corrected chi connectivity index (χ3v) is 6.02. The zero-order valence-electron chi connectivity index (χ0n) is 19.0. The first kappa shape index (κ1) is 22.6. The molecule has 1 unspecified atom stereocenters. The first-order chi connectivity index (χ1) is 16.0. The second kappa shape index (κ2) is 10.3. The van der Waals surface area contributed by atoms with Gasteiger partial charge in [-0.1, -0.05) is 36.4 Å². The zero-order chi connectivity index (χ0) is 23.2. The summed E-state index contributed by atoms with van der Waals surface area (Å²) in [4.78, 5) is 29.5. The van der Waals surface area contributed by atoms with Crippen molar-refractivity contribution in [3.63, 3.8) is 0 Å². The van der Waals surface area contributed by atoms with E-state index in [2.05, 4.69) is 15.1 Å². The van der Waals surface area contributed by atoms with Gasteiger partial charge < -0.3 is 15.0 Å². The van der Waals surface area contributed by atoms with Gasteiger partial charge in [-0.05, 0) is 48.9 Å². The van der Waals surface area contributed by atoms with Crippen LogP contribution in [0.5, 0.6) is 5.75 Å². The molecule has 0 radical (unpaired) electrons. The minimum absolute atomic E-state index is 0.0614. The van der Waals surface area contributed by atoms with E-state index in [9.17, 15) is 9.59 Å². The van der Waals surface area contributed by atoms with Crippen LogP contribution in [0.25, 0.3) is 0 Å². The van der Waals surface area contributed by atoms with Gasteiger partial charge in [0.1, 0.15) is 11.8 Å². The van der Waals surface area contributed by atoms with Crippen LogP contribution < -0.4 is 15.0 Å². The number of rotatable bonds is 7. The lowest BCUT2D eigenvalue weighted by molar-refractivity contribution is -0.121. The van der Waals surface area contributed by atoms with Crippen LogP contribution in [0, 0.1) is 0 Å². The van der Waals surface area contributed by atoms with Crippen molar-refractivity contribution in [1.82, 2.24) is 4.90 Å². The maximum absolute atomic E-state index is 13.4. The Balaban J connectivity index is 1.49. The number of carbonyl (C=O) groups is 2. The van der Waals surface area contributed by atoms with E-state index in [1.807, 2.05) is 78.9 Å². The molecule has 0 aliphatic carbocycles. The summed E-state index contributed by atoms with van der Waals surface area (Å²) < 4.78 is 5.29. The van der Waals surface area contributed by atoms with Crippen LogP contribution in [0.2, 0.25) is 0 Å². The van der Waals surface area contributed by atoms with Crippen molar-refractivity contribution < 1.29 is 14.3 Å². The number of amides is 1. The van der Waals surface area contributed by atoms with Crippen LogP contribution in [0.1, 0.15) is 28.9 Å². The molecule has 1 atom stereocenters. The number of hydrogen-bond donors (Lipinski definition) is 1. The van der Waals surface area contributed by atoms with E-state index in [4.69, 9.17) is 4.74 Å². The van der Waals surface area contributed by atoms with Crippen molar-refractivity contribution in [3.05, 3.63) is 90.0 Å². The number of Topliss-reactive ketones (excluding diaryl/α,β-unsaturated/α-hetero) is 1. The van der Waals surface area contributed by atoms with E-state index < -0.39 is 0 Å². The average molecular weight is 444 g/mol. The summed E-state index contributed by atoms with van der Waals surface area (Å²) in [6.07, 6.45) is 0. The second-order valence-electron chi connectivity index (χ2n) is 8.16. The Kier molecular flexibility index (Phi) is 7.05. The lowest BCUT2D eigenvalue weighted by atomic mass is 10.0. The van der Waals surface area contributed by atoms with E-state index in [1.54, 1.807) is 14.0 Å². The van der Waals surface area contributed by atoms with E-state index in [0.29, 0.717) is 11.4 Å². The molecule has 1 N–H and O–H groups in total. The number of anilines is 2. The zero-order valence-corrected chi connectivity index (χ0v) is 19.0. The van der Waals surface area contributed by atoms with Gasteiger partial charge in [-0.15, -0.1) is 0 Å². The summed E-state index contributed by atoms with van der Waals surface area (Å²) in [6.45, 7) is 4.68. The number of ether oxygens (including phenoxy) is 1. The normalized spacial score (nSPS) is 15.0. The number of methoxy groups -OCH3 is 1. The number of piperazine rings is 1. The Bertz CT molecular complexity index is 1090. The number of hydrogen-bond acceptors (Lipinski definition) is 5. The minimum Gasteiger partial charge on any atom is -0.497 e. The van der Waals surface area contributed by atoms with Crippen molar-refractivity contribution in [1.29, 1.82) is 0 Å². The van der Waals surface area contributed by atoms with E-state index in [1.165, 1.54) is 0 Å². The Morgan fingerprint density at radius 3 is 2.21 bits per heavy atom. The summed E-state index contributed by atoms with van der Waals surface area (Å²) in [5.41, 5.74) is 3.49. The number of nitrogens with zero attached hydrogens (tertiary/aromatic N) is 2. The Morgan fingerprint density at radius 2 is 1.58 bits per heavy atom. The van der Waals surface area contributed by atoms with E-state index in [0.717, 1.165) is 43.0 Å². The van der Waals surface area contributed by atoms with Crippen molar-refractivity contribution in [3.8, 4) is 5.75 Å². The Labute approximate surface area is 194 Å². The molecule has 1 amide bonds. The van der Waals surface area contributed by atoms with Gasteiger partial charge in [0.25, 0.3) is 0 Å². The van der Waals surface area contributed by atoms with Gasteiger partial charge in [0.2, 0.25) is 5.91 Å². The van der Waals surface area contributed by atoms with Crippen LogP contribution >= 0.6 is 0 Å². The van der Waals surface area contributed by atoms with Crippen molar-refractivity contribution in [2.75, 3.05) is 43.5 Å². The van der Waals surface area contributed by atoms with Crippen LogP contribution in [0.15, 0.2) is 78.9 Å². The molecule has 1 heterocycles. The summed E-state index contributed by atoms with van der Waals surface area (Å²) in [7, 11) is 1.61. The topological polar surface area (TPSA) is 61.9 Å². The molecule has 1 aliphatic heterocycles. The van der Waals surface area contributed by atoms with E-state index in [-0.39, 0.29) is 17.7 Å². The molecule has 0 saturated carbocycles. The van der Waals surface area contributed by atoms with Crippen LogP contribution in [-0.4, -0.2) is 49.9 Å². The van der Waals surface area contributed by atoms with Crippen LogP contribution in [0.3, 0.4) is 0 Å². The maximum atomic E-state index is 13.4. The fourth-order valence-corrected chi connectivity index (χ4v) is 4.22. The highest BCUT2D eigenvalue weighted by Crippen LogP contribution is 2.27. The first-order valence-electron chi connectivity index (χ1n) is 11.1. The third kappa shape index (κ3) is 5.41. The Hall–Kier alpha value is -3.64. The molecule has 0 aromatic heterocycles. The minimum atomic E-state index is -0.389. The molecular weight excluding hydrogens is 414 g/mol. The molecule has 1 fully saturated rings. The number of benzene rings is 3. The van der Waals surface area contributed by atoms with Crippen molar-refractivity contribution >= 4 is 23.1 Å². The molecule has 6 heteroatoms. The fraction of sp³-hybridized carbons (Fsp3) is 0.259. The summed E-state index contributed by atoms with van der Waals surface area (Å²) >= 11 is 0. The molecule has 6 nitrogen and oxygen atoms in total. The Morgan fingerprint density at radius 1 is 0.879 bits per heavy atom. The molecule has 0 spiro atoms. The molecule has 3 aromatic carbocycles. The highest BCUT2D eigenvalue weighted by atomic mass is 16.5.